The highest BCUT2D eigenvalue weighted by molar-refractivity contribution is 5.69. The van der Waals surface area contributed by atoms with Gasteiger partial charge in [-0.2, -0.15) is 23.4 Å². The summed E-state index contributed by atoms with van der Waals surface area (Å²) in [5, 5.41) is 16.4. The third-order valence-corrected chi connectivity index (χ3v) is 3.31. The number of hydrogen-bond acceptors (Lipinski definition) is 6. The summed E-state index contributed by atoms with van der Waals surface area (Å²) in [4.78, 5) is 7.40. The van der Waals surface area contributed by atoms with Crippen LogP contribution in [0.4, 0.5) is 40.7 Å². The number of benzene rings is 1. The third-order valence-electron chi connectivity index (χ3n) is 3.31. The van der Waals surface area contributed by atoms with E-state index in [1.165, 1.54) is 13.1 Å². The molecular weight excluding hydrogens is 340 g/mol. The number of anilines is 4. The van der Waals surface area contributed by atoms with Crippen molar-refractivity contribution in [3.8, 4) is 6.07 Å². The van der Waals surface area contributed by atoms with E-state index in [4.69, 9.17) is 5.26 Å². The predicted molar refractivity (Wildman–Crippen MR) is 85.1 cm³/mol. The minimum Gasteiger partial charge on any atom is -0.372 e. The summed E-state index contributed by atoms with van der Waals surface area (Å²) in [6, 6.07) is 4.25. The van der Waals surface area contributed by atoms with Gasteiger partial charge in [-0.3, -0.25) is 0 Å². The molecule has 2 rings (SSSR count). The Balaban J connectivity index is 2.37. The molecule has 0 spiro atoms. The average Bonchev–Trinajstić information content (AvgIpc) is 2.55. The summed E-state index contributed by atoms with van der Waals surface area (Å²) < 4.78 is 52.3. The molecule has 6 nitrogen and oxygen atoms in total. The number of nitriles is 1. The normalized spacial score (nSPS) is 10.9. The zero-order chi connectivity index (χ0) is 18.6. The highest BCUT2D eigenvalue weighted by Gasteiger charge is 2.35. The van der Waals surface area contributed by atoms with Crippen molar-refractivity contribution in [2.75, 3.05) is 29.5 Å². The van der Waals surface area contributed by atoms with Crippen molar-refractivity contribution < 1.29 is 17.6 Å². The maximum atomic E-state index is 13.7. The summed E-state index contributed by atoms with van der Waals surface area (Å²) in [5.41, 5.74) is 0.200. The molecule has 0 aliphatic rings. The molecule has 0 bridgehead atoms. The van der Waals surface area contributed by atoms with E-state index in [0.717, 1.165) is 6.07 Å². The van der Waals surface area contributed by atoms with E-state index >= 15 is 0 Å². The van der Waals surface area contributed by atoms with Crippen LogP contribution in [0.2, 0.25) is 0 Å². The highest BCUT2D eigenvalue weighted by atomic mass is 19.4. The van der Waals surface area contributed by atoms with Crippen LogP contribution in [0.1, 0.15) is 11.1 Å². The Labute approximate surface area is 140 Å². The summed E-state index contributed by atoms with van der Waals surface area (Å²) in [7, 11) is 1.30. The van der Waals surface area contributed by atoms with Crippen molar-refractivity contribution in [3.63, 3.8) is 0 Å². The zero-order valence-corrected chi connectivity index (χ0v) is 13.3. The van der Waals surface area contributed by atoms with Gasteiger partial charge in [-0.1, -0.05) is 0 Å². The molecule has 1 heterocycles. The van der Waals surface area contributed by atoms with Crippen LogP contribution in [-0.2, 0) is 6.18 Å². The summed E-state index contributed by atoms with van der Waals surface area (Å²) >= 11 is 0. The molecule has 0 fully saturated rings. The van der Waals surface area contributed by atoms with Gasteiger partial charge in [0.15, 0.2) is 0 Å². The molecule has 2 aromatic rings. The smallest absolute Gasteiger partial charge is 0.372 e. The van der Waals surface area contributed by atoms with Crippen LogP contribution in [0.5, 0.6) is 0 Å². The first kappa shape index (κ1) is 18.3. The lowest BCUT2D eigenvalue weighted by molar-refractivity contribution is -0.137. The van der Waals surface area contributed by atoms with Gasteiger partial charge < -0.3 is 16.0 Å². The Kier molecular flexibility index (Phi) is 5.26. The molecule has 3 N–H and O–H groups in total. The fourth-order valence-corrected chi connectivity index (χ4v) is 2.09. The molecule has 132 valence electrons. The standard InChI is InChI=1S/C15H14F4N6/c1-8-11(22-4-3-20)5-9(16)6-12(8)24-14-23-7-10(15(17,18)19)13(21-2)25-14/h5-7,22H,4H2,1-2H3,(H2,21,23,24,25). The first-order valence-corrected chi connectivity index (χ1v) is 7.06. The summed E-state index contributed by atoms with van der Waals surface area (Å²) in [5.74, 6) is -1.12. The number of alkyl halides is 3. The van der Waals surface area contributed by atoms with Crippen molar-refractivity contribution in [1.82, 2.24) is 9.97 Å². The Bertz CT molecular complexity index is 813. The van der Waals surface area contributed by atoms with Crippen molar-refractivity contribution in [3.05, 3.63) is 35.3 Å². The predicted octanol–water partition coefficient (Wildman–Crippen LogP) is 3.66. The van der Waals surface area contributed by atoms with E-state index in [-0.39, 0.29) is 18.2 Å². The fourth-order valence-electron chi connectivity index (χ4n) is 2.09. The highest BCUT2D eigenvalue weighted by Crippen LogP contribution is 2.34. The van der Waals surface area contributed by atoms with Crippen LogP contribution in [0.15, 0.2) is 18.3 Å². The number of nitrogens with one attached hydrogen (secondary N) is 3. The number of rotatable bonds is 5. The van der Waals surface area contributed by atoms with Gasteiger partial charge in [-0.05, 0) is 24.6 Å². The molecule has 0 amide bonds. The van der Waals surface area contributed by atoms with Crippen molar-refractivity contribution in [2.45, 2.75) is 13.1 Å². The van der Waals surface area contributed by atoms with Gasteiger partial charge in [0.25, 0.3) is 0 Å². The zero-order valence-electron chi connectivity index (χ0n) is 13.3. The first-order valence-electron chi connectivity index (χ1n) is 7.06. The molecule has 0 saturated carbocycles. The third kappa shape index (κ3) is 4.26. The van der Waals surface area contributed by atoms with Crippen LogP contribution in [0.25, 0.3) is 0 Å². The molecule has 25 heavy (non-hydrogen) atoms. The van der Waals surface area contributed by atoms with Crippen LogP contribution in [-0.4, -0.2) is 23.6 Å². The second-order valence-corrected chi connectivity index (χ2v) is 4.97. The minimum absolute atomic E-state index is 0.0234. The van der Waals surface area contributed by atoms with Crippen molar-refractivity contribution >= 4 is 23.1 Å². The van der Waals surface area contributed by atoms with Crippen molar-refractivity contribution in [1.29, 1.82) is 5.26 Å². The molecule has 0 aliphatic heterocycles. The van der Waals surface area contributed by atoms with Gasteiger partial charge in [0, 0.05) is 24.6 Å². The van der Waals surface area contributed by atoms with E-state index in [2.05, 4.69) is 25.9 Å². The number of nitrogens with zero attached hydrogens (tertiary/aromatic N) is 3. The summed E-state index contributed by atoms with van der Waals surface area (Å²) in [6.07, 6.45) is -3.95. The largest absolute Gasteiger partial charge is 0.421 e. The maximum Gasteiger partial charge on any atom is 0.421 e. The van der Waals surface area contributed by atoms with E-state index in [1.54, 1.807) is 6.92 Å². The fraction of sp³-hybridized carbons (Fsp3) is 0.267. The van der Waals surface area contributed by atoms with E-state index in [1.807, 2.05) is 6.07 Å². The van der Waals surface area contributed by atoms with Gasteiger partial charge in [0.2, 0.25) is 5.95 Å². The lowest BCUT2D eigenvalue weighted by Gasteiger charge is -2.15. The van der Waals surface area contributed by atoms with E-state index < -0.39 is 23.4 Å². The Hall–Kier alpha value is -3.09. The molecule has 0 unspecified atom stereocenters. The Morgan fingerprint density at radius 1 is 1.24 bits per heavy atom. The van der Waals surface area contributed by atoms with Crippen LogP contribution in [0, 0.1) is 24.1 Å². The average molecular weight is 354 g/mol. The van der Waals surface area contributed by atoms with Gasteiger partial charge in [0.1, 0.15) is 23.7 Å². The molecule has 0 radical (unpaired) electrons. The van der Waals surface area contributed by atoms with Gasteiger partial charge in [-0.25, -0.2) is 9.37 Å². The first-order chi connectivity index (χ1) is 11.8. The number of halogens is 4. The Morgan fingerprint density at radius 3 is 2.52 bits per heavy atom. The van der Waals surface area contributed by atoms with E-state index in [0.29, 0.717) is 17.4 Å². The molecule has 0 atom stereocenters. The second kappa shape index (κ2) is 7.21. The Morgan fingerprint density at radius 2 is 1.92 bits per heavy atom. The van der Waals surface area contributed by atoms with Crippen LogP contribution < -0.4 is 16.0 Å². The van der Waals surface area contributed by atoms with Crippen LogP contribution in [0.3, 0.4) is 0 Å². The topological polar surface area (TPSA) is 85.7 Å². The molecule has 1 aromatic carbocycles. The van der Waals surface area contributed by atoms with E-state index in [9.17, 15) is 17.6 Å². The second-order valence-electron chi connectivity index (χ2n) is 4.97. The molecule has 10 heteroatoms. The molecular formula is C15H14F4N6. The summed E-state index contributed by atoms with van der Waals surface area (Å²) in [6.45, 7) is 1.63. The van der Waals surface area contributed by atoms with Crippen molar-refractivity contribution in [2.24, 2.45) is 0 Å². The molecule has 0 saturated heterocycles. The maximum absolute atomic E-state index is 13.7. The quantitative estimate of drug-likeness (QED) is 0.561. The lowest BCUT2D eigenvalue weighted by Crippen LogP contribution is -2.13. The van der Waals surface area contributed by atoms with Gasteiger partial charge in [-0.15, -0.1) is 0 Å². The SMILES string of the molecule is CNc1nc(Nc2cc(F)cc(NCC#N)c2C)ncc1C(F)(F)F. The minimum atomic E-state index is -4.60. The van der Waals surface area contributed by atoms with Crippen LogP contribution >= 0.6 is 0 Å². The van der Waals surface area contributed by atoms with Gasteiger partial charge >= 0.3 is 6.18 Å². The monoisotopic (exact) mass is 354 g/mol. The number of hydrogen-bond donors (Lipinski definition) is 3. The lowest BCUT2D eigenvalue weighted by atomic mass is 10.1. The number of aromatic nitrogens is 2. The molecule has 0 aliphatic carbocycles. The van der Waals surface area contributed by atoms with Gasteiger partial charge in [0.05, 0.1) is 6.07 Å². The molecule has 1 aromatic heterocycles.